The first kappa shape index (κ1) is 67.1. The average Bonchev–Trinajstić information content (AvgIpc) is 3.33. The second kappa shape index (κ2) is 28.8. The number of aryl methyl sites for hydroxylation is 5. The van der Waals surface area contributed by atoms with Crippen molar-refractivity contribution in [3.63, 3.8) is 0 Å². The number of carbonyl (C=O) groups is 3. The van der Waals surface area contributed by atoms with Crippen molar-refractivity contribution in [3.8, 4) is 0 Å². The van der Waals surface area contributed by atoms with E-state index in [2.05, 4.69) is 30.0 Å². The van der Waals surface area contributed by atoms with Crippen molar-refractivity contribution in [3.05, 3.63) is 132 Å². The Kier molecular flexibility index (Phi) is 25.4. The summed E-state index contributed by atoms with van der Waals surface area (Å²) in [7, 11) is 16.8. The first-order valence-corrected chi connectivity index (χ1v) is 25.7. The van der Waals surface area contributed by atoms with E-state index >= 15 is 0 Å². The van der Waals surface area contributed by atoms with Gasteiger partial charge in [-0.05, 0) is 62.0 Å². The number of likely N-dealkylation sites (N-methyl/N-ethyl adjacent to an activating group) is 1. The smallest absolute Gasteiger partial charge is 0.346 e. The second-order valence-corrected chi connectivity index (χ2v) is 21.5. The van der Waals surface area contributed by atoms with Crippen LogP contribution in [0.25, 0.3) is 0 Å². The van der Waals surface area contributed by atoms with Crippen molar-refractivity contribution >= 4 is 17.8 Å². The Balaban J connectivity index is 0.000000456. The van der Waals surface area contributed by atoms with Gasteiger partial charge in [0.25, 0.3) is 28.1 Å². The number of aromatic nitrogens is 8. The Morgan fingerprint density at radius 2 is 1.07 bits per heavy atom. The van der Waals surface area contributed by atoms with Crippen LogP contribution in [0.3, 0.4) is 0 Å². The number of rotatable bonds is 6. The lowest BCUT2D eigenvalue weighted by atomic mass is 9.92. The molecule has 2 aliphatic heterocycles. The number of nitrogens with zero attached hydrogens (tertiary/aromatic N) is 12. The molecule has 6 heterocycles. The van der Waals surface area contributed by atoms with E-state index in [1.54, 1.807) is 52.5 Å². The highest BCUT2D eigenvalue weighted by atomic mass is 16.2. The number of hydrogen-bond acceptors (Lipinski definition) is 12. The summed E-state index contributed by atoms with van der Waals surface area (Å²) >= 11 is 0. The average molecular weight is 1060 g/mol. The molecule has 1 atom stereocenters. The molecule has 6 rings (SSSR count). The molecule has 21 nitrogen and oxygen atoms in total. The molecule has 4 amide bonds. The fraction of sp³-hybridized carbons (Fsp3) is 0.618. The Hall–Kier alpha value is -6.93. The van der Waals surface area contributed by atoms with Crippen molar-refractivity contribution in [1.29, 1.82) is 0 Å². The molecule has 0 saturated carbocycles. The maximum atomic E-state index is 11.8. The summed E-state index contributed by atoms with van der Waals surface area (Å²) in [6.45, 7) is 30.8. The number of amides is 4. The summed E-state index contributed by atoms with van der Waals surface area (Å²) in [6.07, 6.45) is 5.21. The van der Waals surface area contributed by atoms with E-state index in [9.17, 15) is 43.2 Å². The summed E-state index contributed by atoms with van der Waals surface area (Å²) in [5.74, 6) is 2.12. The van der Waals surface area contributed by atoms with Crippen molar-refractivity contribution in [2.45, 2.75) is 128 Å². The first-order chi connectivity index (χ1) is 34.8. The molecular weight excluding hydrogens is 973 g/mol. The van der Waals surface area contributed by atoms with Gasteiger partial charge in [0.1, 0.15) is 11.5 Å². The zero-order valence-electron chi connectivity index (χ0n) is 50.3. The summed E-state index contributed by atoms with van der Waals surface area (Å²) in [6, 6.07) is 1.86. The van der Waals surface area contributed by atoms with E-state index in [1.165, 1.54) is 42.3 Å². The van der Waals surface area contributed by atoms with Crippen LogP contribution in [0.4, 0.5) is 4.79 Å². The largest absolute Gasteiger partial charge is 0.362 e. The van der Waals surface area contributed by atoms with E-state index in [0.717, 1.165) is 42.9 Å². The number of hydrogen-bond donors (Lipinski definition) is 0. The molecule has 0 radical (unpaired) electrons. The quantitative estimate of drug-likeness (QED) is 0.254. The monoisotopic (exact) mass is 1060 g/mol. The van der Waals surface area contributed by atoms with Crippen LogP contribution < -0.4 is 33.6 Å². The zero-order chi connectivity index (χ0) is 59.3. The van der Waals surface area contributed by atoms with Crippen molar-refractivity contribution < 1.29 is 14.4 Å². The summed E-state index contributed by atoms with van der Waals surface area (Å²) < 4.78 is 8.10. The predicted molar refractivity (Wildman–Crippen MR) is 301 cm³/mol. The molecular formula is C55H90N12O9. The first-order valence-electron chi connectivity index (χ1n) is 25.7. The number of imide groups is 1. The fourth-order valence-electron chi connectivity index (χ4n) is 7.95. The number of urea groups is 1. The molecule has 1 fully saturated rings. The summed E-state index contributed by atoms with van der Waals surface area (Å²) in [4.78, 5) is 114. The minimum Gasteiger partial charge on any atom is -0.362 e. The molecule has 0 spiro atoms. The van der Waals surface area contributed by atoms with Crippen LogP contribution in [0, 0.1) is 38.5 Å². The van der Waals surface area contributed by atoms with Gasteiger partial charge in [-0.15, -0.1) is 0 Å². The molecule has 2 aliphatic rings. The van der Waals surface area contributed by atoms with Crippen LogP contribution in [-0.4, -0.2) is 116 Å². The van der Waals surface area contributed by atoms with Crippen molar-refractivity contribution in [2.75, 3.05) is 41.4 Å². The molecule has 1 saturated heterocycles. The molecule has 4 aromatic rings. The van der Waals surface area contributed by atoms with Crippen LogP contribution in [0.1, 0.15) is 146 Å². The molecule has 4 aromatic heterocycles. The molecule has 0 aromatic carbocycles. The third-order valence-electron chi connectivity index (χ3n) is 13.1. The van der Waals surface area contributed by atoms with E-state index < -0.39 is 5.69 Å². The van der Waals surface area contributed by atoms with Gasteiger partial charge in [0, 0.05) is 129 Å². The Bertz CT molecular complexity index is 2990. The lowest BCUT2D eigenvalue weighted by Gasteiger charge is -2.36. The van der Waals surface area contributed by atoms with Gasteiger partial charge in [0.05, 0.1) is 12.6 Å². The van der Waals surface area contributed by atoms with Crippen LogP contribution in [0.2, 0.25) is 0 Å². The predicted octanol–water partition coefficient (Wildman–Crippen LogP) is 4.82. The molecule has 0 aliphatic carbocycles. The van der Waals surface area contributed by atoms with Crippen molar-refractivity contribution in [2.24, 2.45) is 60.0 Å². The third kappa shape index (κ3) is 17.3. The summed E-state index contributed by atoms with van der Waals surface area (Å²) in [5, 5.41) is 3.90. The van der Waals surface area contributed by atoms with E-state index in [4.69, 9.17) is 0 Å². The van der Waals surface area contributed by atoms with Crippen LogP contribution >= 0.6 is 0 Å². The highest BCUT2D eigenvalue weighted by Crippen LogP contribution is 2.21. The Morgan fingerprint density at radius 3 is 1.54 bits per heavy atom. The van der Waals surface area contributed by atoms with Gasteiger partial charge in [0.2, 0.25) is 5.91 Å². The SMILES string of the molecule is CC(C)C1=CN(C)CN(C)C1=O.CC(C)C1CN(C)C(=O)N(C)C1=O.CC(C)c1cn(C)c(=O)n(C)c1=O.CC(C)c1nn(C)c(=O)n(C)c1=O.Cc1cc(C)n(C)c(=O)c1C(C)C.Cc1ncc(C(C)C)c(=O)n1C. The molecule has 76 heavy (non-hydrogen) atoms. The van der Waals surface area contributed by atoms with Gasteiger partial charge in [-0.25, -0.2) is 24.0 Å². The third-order valence-corrected chi connectivity index (χ3v) is 13.1. The van der Waals surface area contributed by atoms with E-state index in [1.807, 2.05) is 122 Å². The molecule has 0 bridgehead atoms. The Labute approximate surface area is 449 Å². The molecule has 21 heteroatoms. The van der Waals surface area contributed by atoms with Gasteiger partial charge in [-0.2, -0.15) is 5.10 Å². The van der Waals surface area contributed by atoms with E-state index in [0.29, 0.717) is 36.3 Å². The van der Waals surface area contributed by atoms with Gasteiger partial charge in [-0.1, -0.05) is 83.1 Å². The highest BCUT2D eigenvalue weighted by Gasteiger charge is 2.36. The maximum absolute atomic E-state index is 11.8. The lowest BCUT2D eigenvalue weighted by Crippen LogP contribution is -2.54. The topological polar surface area (TPSA) is 222 Å². The molecule has 1 unspecified atom stereocenters. The lowest BCUT2D eigenvalue weighted by molar-refractivity contribution is -0.136. The molecule has 424 valence electrons. The van der Waals surface area contributed by atoms with Gasteiger partial charge >= 0.3 is 17.4 Å². The minimum atomic E-state index is -0.394. The number of carbonyl (C=O) groups excluding carboxylic acids is 3. The van der Waals surface area contributed by atoms with Crippen LogP contribution in [0.5, 0.6) is 0 Å². The normalized spacial score (nSPS) is 14.4. The molecule has 0 N–H and O–H groups in total. The minimum absolute atomic E-state index is 0.0329. The fourth-order valence-corrected chi connectivity index (χ4v) is 7.95. The van der Waals surface area contributed by atoms with Gasteiger partial charge in [0.15, 0.2) is 0 Å². The summed E-state index contributed by atoms with van der Waals surface area (Å²) in [5.41, 5.74) is 4.86. The maximum Gasteiger partial charge on any atom is 0.346 e. The van der Waals surface area contributed by atoms with Crippen LogP contribution in [0.15, 0.2) is 59.0 Å². The zero-order valence-corrected chi connectivity index (χ0v) is 50.3. The van der Waals surface area contributed by atoms with E-state index in [-0.39, 0.29) is 75.4 Å². The van der Waals surface area contributed by atoms with Gasteiger partial charge in [-0.3, -0.25) is 47.4 Å². The second-order valence-electron chi connectivity index (χ2n) is 21.5. The van der Waals surface area contributed by atoms with Crippen molar-refractivity contribution in [1.82, 2.24) is 57.2 Å². The standard InChI is InChI=1S/C11H17NO.C9H16N2O2.C9H14N2O2.C9H16N2O.C9H14N2O.C8H13N3O2/c1-7(2)10-8(3)6-9(4)12(5)11(10)13;2*1-6(2)7-5-10(3)9(13)11(4)8(7)12;1-7(2)8-5-10(3)6-11(4)9(8)12;1-6(2)8-5-10-7(3)11(4)9(8)12;1-5(2)6-7(12)10(3)8(13)11(4)9-6/h6-7H,1-5H3;6-7H,5H2,1-4H3;5-6H,1-4H3;5,7H,6H2,1-4H3;5-6H,1-4H3;5H,1-4H3. The highest BCUT2D eigenvalue weighted by molar-refractivity contribution is 5.97. The Morgan fingerprint density at radius 1 is 0.553 bits per heavy atom. The van der Waals surface area contributed by atoms with Crippen LogP contribution in [-0.2, 0) is 51.9 Å². The van der Waals surface area contributed by atoms with Gasteiger partial charge < -0.3 is 23.8 Å². The number of pyridine rings is 1.